The fourth-order valence-corrected chi connectivity index (χ4v) is 0.847. The number of nitrogens with one attached hydrogen (secondary N) is 4. The molecule has 0 aromatic heterocycles. The van der Waals surface area contributed by atoms with Crippen LogP contribution < -0.4 is 45.1 Å². The van der Waals surface area contributed by atoms with Crippen LogP contribution >= 0.6 is 0 Å². The van der Waals surface area contributed by atoms with Crippen LogP contribution in [-0.4, -0.2) is 23.6 Å². The van der Waals surface area contributed by atoms with Crippen LogP contribution in [0.4, 0.5) is 0 Å². The van der Waals surface area contributed by atoms with Crippen molar-refractivity contribution in [1.82, 2.24) is 21.7 Å². The molecule has 12 nitrogen and oxygen atoms in total. The summed E-state index contributed by atoms with van der Waals surface area (Å²) in [4.78, 5) is 45.0. The number of nitrogens with two attached hydrogens (primary N) is 4. The minimum Gasteiger partial charge on any atom is -0.289 e. The lowest BCUT2D eigenvalue weighted by molar-refractivity contribution is -0.125. The van der Waals surface area contributed by atoms with Gasteiger partial charge >= 0.3 is 0 Å². The molecule has 108 valence electrons. The van der Waals surface area contributed by atoms with Crippen LogP contribution in [0.1, 0.15) is 0 Å². The third-order valence-corrected chi connectivity index (χ3v) is 1.75. The van der Waals surface area contributed by atoms with E-state index in [0.717, 1.165) is 0 Å². The SMILES string of the molecule is NNC(=O)C(=C=C=C(C(=O)NN)C(=O)NN)C(=O)NN. The van der Waals surface area contributed by atoms with Crippen molar-refractivity contribution in [3.05, 3.63) is 22.6 Å². The number of hydrogen-bond donors (Lipinski definition) is 8. The van der Waals surface area contributed by atoms with Crippen molar-refractivity contribution in [2.45, 2.75) is 0 Å². The molecular weight excluding hydrogens is 272 g/mol. The summed E-state index contributed by atoms with van der Waals surface area (Å²) in [5.41, 5.74) is 9.00. The van der Waals surface area contributed by atoms with Crippen molar-refractivity contribution in [3.63, 3.8) is 0 Å². The van der Waals surface area contributed by atoms with Gasteiger partial charge < -0.3 is 0 Å². The molecule has 0 radical (unpaired) electrons. The minimum absolute atomic E-state index is 0.734. The van der Waals surface area contributed by atoms with Gasteiger partial charge in [0.1, 0.15) is 0 Å². The van der Waals surface area contributed by atoms with Gasteiger partial charge in [-0.25, -0.2) is 23.4 Å². The molecular formula is C8H12N8O4. The Balaban J connectivity index is 6.14. The van der Waals surface area contributed by atoms with Gasteiger partial charge in [0.25, 0.3) is 23.6 Å². The second-order valence-corrected chi connectivity index (χ2v) is 2.89. The van der Waals surface area contributed by atoms with Gasteiger partial charge in [-0.05, 0) is 11.5 Å². The molecule has 0 aliphatic carbocycles. The predicted molar refractivity (Wildman–Crippen MR) is 63.4 cm³/mol. The molecule has 0 unspecified atom stereocenters. The number of hydrazine groups is 4. The number of rotatable bonds is 4. The maximum Gasteiger partial charge on any atom is 0.279 e. The van der Waals surface area contributed by atoms with E-state index in [1.54, 1.807) is 21.7 Å². The van der Waals surface area contributed by atoms with Crippen molar-refractivity contribution in [1.29, 1.82) is 0 Å². The lowest BCUT2D eigenvalue weighted by Crippen LogP contribution is -2.40. The summed E-state index contributed by atoms with van der Waals surface area (Å²) in [6, 6.07) is 0. The Bertz CT molecular complexity index is 457. The van der Waals surface area contributed by atoms with E-state index < -0.39 is 34.8 Å². The third-order valence-electron chi connectivity index (χ3n) is 1.75. The number of amides is 4. The molecule has 0 atom stereocenters. The van der Waals surface area contributed by atoms with E-state index in [4.69, 9.17) is 23.4 Å². The first-order valence-corrected chi connectivity index (χ1v) is 4.72. The van der Waals surface area contributed by atoms with Gasteiger partial charge in [-0.2, -0.15) is 0 Å². The first kappa shape index (κ1) is 17.0. The second-order valence-electron chi connectivity index (χ2n) is 2.89. The standard InChI is InChI=1S/C8H12N8O4/c9-13-5(17)3(6(18)14-10)1-2-4(7(19)15-11)8(20)16-12/h9-12H2,(H,13,17)(H,14,18)(H,15,19)(H,16,20). The zero-order chi connectivity index (χ0) is 15.7. The predicted octanol–water partition coefficient (Wildman–Crippen LogP) is -5.45. The van der Waals surface area contributed by atoms with Crippen LogP contribution in [0.25, 0.3) is 0 Å². The normalized spacial score (nSPS) is 8.40. The summed E-state index contributed by atoms with van der Waals surface area (Å²) in [5.74, 6) is 15.0. The molecule has 0 aromatic carbocycles. The minimum atomic E-state index is -1.08. The average Bonchev–Trinajstić information content (AvgIpc) is 2.48. The summed E-state index contributed by atoms with van der Waals surface area (Å²) >= 11 is 0. The molecule has 0 spiro atoms. The topological polar surface area (TPSA) is 220 Å². The molecule has 0 heterocycles. The summed E-state index contributed by atoms with van der Waals surface area (Å²) in [5, 5.41) is 0. The highest BCUT2D eigenvalue weighted by Crippen LogP contribution is 1.94. The van der Waals surface area contributed by atoms with Crippen LogP contribution in [0.2, 0.25) is 0 Å². The van der Waals surface area contributed by atoms with E-state index in [9.17, 15) is 19.2 Å². The van der Waals surface area contributed by atoms with E-state index in [-0.39, 0.29) is 0 Å². The van der Waals surface area contributed by atoms with Crippen LogP contribution in [0, 0.1) is 0 Å². The van der Waals surface area contributed by atoms with Crippen molar-refractivity contribution in [2.24, 2.45) is 23.4 Å². The summed E-state index contributed by atoms with van der Waals surface area (Å²) in [6.07, 6.45) is 0. The Hall–Kier alpha value is -2.98. The largest absolute Gasteiger partial charge is 0.289 e. The molecule has 0 aliphatic rings. The Morgan fingerprint density at radius 2 is 0.750 bits per heavy atom. The molecule has 0 bridgehead atoms. The molecule has 0 aliphatic heterocycles. The lowest BCUT2D eigenvalue weighted by atomic mass is 10.2. The van der Waals surface area contributed by atoms with E-state index >= 15 is 0 Å². The summed E-state index contributed by atoms with van der Waals surface area (Å²) in [7, 11) is 0. The summed E-state index contributed by atoms with van der Waals surface area (Å²) < 4.78 is 0. The van der Waals surface area contributed by atoms with Gasteiger partial charge in [0.2, 0.25) is 0 Å². The number of hydrogen-bond acceptors (Lipinski definition) is 8. The van der Waals surface area contributed by atoms with Gasteiger partial charge in [-0.3, -0.25) is 40.9 Å². The van der Waals surface area contributed by atoms with Crippen molar-refractivity contribution in [2.75, 3.05) is 0 Å². The second kappa shape index (κ2) is 8.18. The third kappa shape index (κ3) is 4.36. The van der Waals surface area contributed by atoms with E-state index in [1.807, 2.05) is 11.5 Å². The van der Waals surface area contributed by atoms with Gasteiger partial charge in [0.05, 0.1) is 0 Å². The fraction of sp³-hybridized carbons (Fsp3) is 0. The Kier molecular flexibility index (Phi) is 6.96. The molecule has 12 N–H and O–H groups in total. The van der Waals surface area contributed by atoms with Crippen molar-refractivity contribution >= 4 is 23.6 Å². The first-order chi connectivity index (χ1) is 9.42. The van der Waals surface area contributed by atoms with Crippen LogP contribution in [0.3, 0.4) is 0 Å². The van der Waals surface area contributed by atoms with E-state index in [0.29, 0.717) is 0 Å². The zero-order valence-electron chi connectivity index (χ0n) is 9.94. The van der Waals surface area contributed by atoms with Crippen molar-refractivity contribution in [3.8, 4) is 0 Å². The number of carbonyl (C=O) groups is 4. The van der Waals surface area contributed by atoms with E-state index in [1.165, 1.54) is 0 Å². The van der Waals surface area contributed by atoms with Crippen LogP contribution in [0.5, 0.6) is 0 Å². The average molecular weight is 284 g/mol. The van der Waals surface area contributed by atoms with Gasteiger partial charge in [0.15, 0.2) is 11.1 Å². The highest BCUT2D eigenvalue weighted by molar-refractivity contribution is 6.19. The summed E-state index contributed by atoms with van der Waals surface area (Å²) in [6.45, 7) is 0. The lowest BCUT2D eigenvalue weighted by Gasteiger charge is -2.01. The van der Waals surface area contributed by atoms with Gasteiger partial charge in [-0.1, -0.05) is 0 Å². The maximum atomic E-state index is 11.3. The molecule has 4 amide bonds. The van der Waals surface area contributed by atoms with Crippen LogP contribution in [-0.2, 0) is 19.2 Å². The Morgan fingerprint density at radius 1 is 0.550 bits per heavy atom. The van der Waals surface area contributed by atoms with Gasteiger partial charge in [-0.15, -0.1) is 0 Å². The first-order valence-electron chi connectivity index (χ1n) is 4.72. The molecule has 0 aromatic rings. The Labute approximate surface area is 111 Å². The smallest absolute Gasteiger partial charge is 0.279 e. The number of carbonyl (C=O) groups excluding carboxylic acids is 4. The highest BCUT2D eigenvalue weighted by Gasteiger charge is 2.18. The molecule has 20 heavy (non-hydrogen) atoms. The fourth-order valence-electron chi connectivity index (χ4n) is 0.847. The molecule has 0 rings (SSSR count). The quantitative estimate of drug-likeness (QED) is 0.0472. The zero-order valence-corrected chi connectivity index (χ0v) is 9.94. The molecule has 0 saturated carbocycles. The van der Waals surface area contributed by atoms with Crippen molar-refractivity contribution < 1.29 is 19.2 Å². The molecule has 12 heteroatoms. The van der Waals surface area contributed by atoms with E-state index in [2.05, 4.69) is 0 Å². The van der Waals surface area contributed by atoms with Crippen LogP contribution in [0.15, 0.2) is 22.6 Å². The monoisotopic (exact) mass is 284 g/mol. The Morgan fingerprint density at radius 3 is 0.900 bits per heavy atom. The molecule has 0 fully saturated rings. The molecule has 0 saturated heterocycles. The highest BCUT2D eigenvalue weighted by atomic mass is 16.2. The van der Waals surface area contributed by atoms with Gasteiger partial charge in [0, 0.05) is 0 Å². The maximum absolute atomic E-state index is 11.3.